The van der Waals surface area contributed by atoms with Crippen LogP contribution in [0.2, 0.25) is 5.02 Å². The van der Waals surface area contributed by atoms with Crippen molar-refractivity contribution in [2.75, 3.05) is 17.4 Å². The van der Waals surface area contributed by atoms with E-state index < -0.39 is 50.9 Å². The number of benzene rings is 3. The Kier molecular flexibility index (Phi) is 7.53. The first kappa shape index (κ1) is 27.2. The number of ether oxygens (including phenoxy) is 1. The van der Waals surface area contributed by atoms with Gasteiger partial charge in [0, 0.05) is 5.56 Å². The van der Waals surface area contributed by atoms with Crippen molar-refractivity contribution in [3.8, 4) is 22.9 Å². The summed E-state index contributed by atoms with van der Waals surface area (Å²) in [4.78, 5) is 11.1. The van der Waals surface area contributed by atoms with Gasteiger partial charge in [-0.1, -0.05) is 35.9 Å². The number of carbonyl (C=O) groups is 1. The fourth-order valence-corrected chi connectivity index (χ4v) is 5.64. The highest BCUT2D eigenvalue weighted by Gasteiger charge is 2.37. The van der Waals surface area contributed by atoms with E-state index in [1.807, 2.05) is 0 Å². The molecular weight excluding hydrogens is 550 g/mol. The summed E-state index contributed by atoms with van der Waals surface area (Å²) in [6.45, 7) is -0.551. The average Bonchev–Trinajstić information content (AvgIpc) is 2.88. The molecule has 0 fully saturated rings. The van der Waals surface area contributed by atoms with E-state index >= 15 is 0 Å². The van der Waals surface area contributed by atoms with Crippen LogP contribution in [0.25, 0.3) is 11.1 Å². The van der Waals surface area contributed by atoms with Gasteiger partial charge in [-0.05, 0) is 42.0 Å². The maximum atomic E-state index is 14.1. The minimum Gasteiger partial charge on any atom is -0.484 e. The summed E-state index contributed by atoms with van der Waals surface area (Å²) in [7, 11) is -4.58. The zero-order valence-electron chi connectivity index (χ0n) is 19.3. The fraction of sp³-hybridized carbons (Fsp3) is 0.200. The van der Waals surface area contributed by atoms with Crippen molar-refractivity contribution in [2.24, 2.45) is 0 Å². The number of nitrogens with zero attached hydrogens (tertiary/aromatic N) is 2. The highest BCUT2D eigenvalue weighted by atomic mass is 35.5. The summed E-state index contributed by atoms with van der Waals surface area (Å²) < 4.78 is 88.1. The predicted octanol–water partition coefficient (Wildman–Crippen LogP) is 5.15. The van der Waals surface area contributed by atoms with Gasteiger partial charge < -0.3 is 10.1 Å². The van der Waals surface area contributed by atoms with Crippen LogP contribution in [-0.2, 0) is 21.0 Å². The number of carbonyl (C=O) groups excluding carboxylic acids is 1. The van der Waals surface area contributed by atoms with Crippen LogP contribution >= 0.6 is 11.6 Å². The lowest BCUT2D eigenvalue weighted by atomic mass is 10.0. The van der Waals surface area contributed by atoms with Gasteiger partial charge in [-0.25, -0.2) is 12.8 Å². The summed E-state index contributed by atoms with van der Waals surface area (Å²) in [6.07, 6.45) is -6.13. The van der Waals surface area contributed by atoms with E-state index in [1.165, 1.54) is 30.3 Å². The van der Waals surface area contributed by atoms with Crippen molar-refractivity contribution >= 4 is 33.2 Å². The van der Waals surface area contributed by atoms with Crippen LogP contribution < -0.4 is 14.4 Å². The number of hydrogen-bond acceptors (Lipinski definition) is 5. The summed E-state index contributed by atoms with van der Waals surface area (Å²) in [5.74, 6) is -1.24. The van der Waals surface area contributed by atoms with Gasteiger partial charge in [0.25, 0.3) is 10.0 Å². The molecule has 13 heteroatoms. The Morgan fingerprint density at radius 2 is 1.89 bits per heavy atom. The lowest BCUT2D eigenvalue weighted by Gasteiger charge is -2.36. The molecule has 0 bridgehead atoms. The van der Waals surface area contributed by atoms with Gasteiger partial charge in [0.05, 0.1) is 40.3 Å². The molecule has 0 radical (unpaired) electrons. The second-order valence-corrected chi connectivity index (χ2v) is 10.5. The van der Waals surface area contributed by atoms with Gasteiger partial charge in [0.2, 0.25) is 5.91 Å². The fourth-order valence-electron chi connectivity index (χ4n) is 3.86. The van der Waals surface area contributed by atoms with Crippen molar-refractivity contribution in [3.63, 3.8) is 0 Å². The maximum absolute atomic E-state index is 14.1. The Morgan fingerprint density at radius 1 is 1.16 bits per heavy atom. The first-order valence-corrected chi connectivity index (χ1v) is 12.8. The molecule has 0 unspecified atom stereocenters. The van der Waals surface area contributed by atoms with E-state index in [-0.39, 0.29) is 35.1 Å². The quantitative estimate of drug-likeness (QED) is 0.415. The number of alkyl halides is 3. The molecule has 1 aliphatic rings. The van der Waals surface area contributed by atoms with Crippen LogP contribution in [0.4, 0.5) is 23.2 Å². The minimum atomic E-state index is -4.77. The second-order valence-electron chi connectivity index (χ2n) is 8.22. The molecule has 7 nitrogen and oxygen atoms in total. The zero-order valence-corrected chi connectivity index (χ0v) is 20.9. The molecule has 1 aliphatic heterocycles. The van der Waals surface area contributed by atoms with Gasteiger partial charge in [0.15, 0.2) is 0 Å². The number of hydrogen-bond donors (Lipinski definition) is 1. The predicted molar refractivity (Wildman–Crippen MR) is 130 cm³/mol. The standard InChI is InChI=1S/C25H18ClF4N3O4S/c26-24-19(5-2-6-20(24)27)15-7-8-22-21(11-15)33(14-17(37-22)13-32-23(34)9-10-31)38(35,36)18-4-1-3-16(12-18)25(28,29)30/h1-8,11-12,17H,9,13-14H2,(H,32,34)/t17-/m0/s1. The molecule has 1 heterocycles. The van der Waals surface area contributed by atoms with Gasteiger partial charge in [-0.15, -0.1) is 0 Å². The van der Waals surface area contributed by atoms with E-state index in [0.29, 0.717) is 11.6 Å². The third kappa shape index (κ3) is 5.54. The lowest BCUT2D eigenvalue weighted by Crippen LogP contribution is -2.48. The van der Waals surface area contributed by atoms with Crippen molar-refractivity contribution in [3.05, 3.63) is 77.1 Å². The van der Waals surface area contributed by atoms with Crippen molar-refractivity contribution in [1.82, 2.24) is 5.32 Å². The Balaban J connectivity index is 1.80. The molecule has 1 N–H and O–H groups in total. The maximum Gasteiger partial charge on any atom is 0.416 e. The van der Waals surface area contributed by atoms with Crippen molar-refractivity contribution < 1.29 is 35.5 Å². The normalized spacial score (nSPS) is 15.3. The molecule has 3 aromatic carbocycles. The van der Waals surface area contributed by atoms with Gasteiger partial charge in [-0.3, -0.25) is 9.10 Å². The number of amides is 1. The molecule has 0 spiro atoms. The van der Waals surface area contributed by atoms with Crippen molar-refractivity contribution in [1.29, 1.82) is 5.26 Å². The molecule has 1 amide bonds. The van der Waals surface area contributed by atoms with Gasteiger partial charge in [-0.2, -0.15) is 18.4 Å². The van der Waals surface area contributed by atoms with Crippen LogP contribution in [0, 0.1) is 17.1 Å². The lowest BCUT2D eigenvalue weighted by molar-refractivity contribution is -0.137. The van der Waals surface area contributed by atoms with E-state index in [4.69, 9.17) is 21.6 Å². The molecule has 0 aromatic heterocycles. The number of anilines is 1. The van der Waals surface area contributed by atoms with E-state index in [2.05, 4.69) is 5.32 Å². The molecule has 38 heavy (non-hydrogen) atoms. The summed E-state index contributed by atoms with van der Waals surface area (Å²) in [6, 6.07) is 13.4. The molecule has 1 atom stereocenters. The van der Waals surface area contributed by atoms with Crippen LogP contribution in [0.5, 0.6) is 5.75 Å². The monoisotopic (exact) mass is 567 g/mol. The number of sulfonamides is 1. The third-order valence-electron chi connectivity index (χ3n) is 5.67. The van der Waals surface area contributed by atoms with Crippen LogP contribution in [-0.4, -0.2) is 33.5 Å². The largest absolute Gasteiger partial charge is 0.484 e. The highest BCUT2D eigenvalue weighted by Crippen LogP contribution is 2.42. The number of halogens is 5. The second kappa shape index (κ2) is 10.5. The Labute approximate surface area is 220 Å². The van der Waals surface area contributed by atoms with Gasteiger partial charge in [0.1, 0.15) is 24.1 Å². The molecule has 0 saturated carbocycles. The topological polar surface area (TPSA) is 99.5 Å². The molecule has 4 rings (SSSR count). The van der Waals surface area contributed by atoms with E-state index in [1.54, 1.807) is 6.07 Å². The highest BCUT2D eigenvalue weighted by molar-refractivity contribution is 7.92. The minimum absolute atomic E-state index is 0.0140. The SMILES string of the molecule is N#CCC(=O)NC[C@H]1CN(S(=O)(=O)c2cccc(C(F)(F)F)c2)c2cc(-c3cccc(F)c3Cl)ccc2O1. The molecule has 0 saturated heterocycles. The Hall–Kier alpha value is -3.82. The first-order valence-electron chi connectivity index (χ1n) is 11.0. The Morgan fingerprint density at radius 3 is 2.61 bits per heavy atom. The van der Waals surface area contributed by atoms with E-state index in [0.717, 1.165) is 28.6 Å². The van der Waals surface area contributed by atoms with Crippen LogP contribution in [0.15, 0.2) is 65.6 Å². The first-order chi connectivity index (χ1) is 17.9. The number of rotatable bonds is 6. The summed E-state index contributed by atoms with van der Waals surface area (Å²) in [5.41, 5.74) is -0.564. The van der Waals surface area contributed by atoms with Gasteiger partial charge >= 0.3 is 6.18 Å². The average molecular weight is 568 g/mol. The van der Waals surface area contributed by atoms with Crippen molar-refractivity contribution in [2.45, 2.75) is 23.6 Å². The van der Waals surface area contributed by atoms with Crippen LogP contribution in [0.3, 0.4) is 0 Å². The molecule has 3 aromatic rings. The molecular formula is C25H18ClF4N3O4S. The van der Waals surface area contributed by atoms with E-state index in [9.17, 15) is 30.8 Å². The smallest absolute Gasteiger partial charge is 0.416 e. The molecule has 198 valence electrons. The summed E-state index contributed by atoms with van der Waals surface area (Å²) in [5, 5.41) is 10.9. The number of fused-ring (bicyclic) bond motifs is 1. The third-order valence-corrected chi connectivity index (χ3v) is 7.83. The summed E-state index contributed by atoms with van der Waals surface area (Å²) >= 11 is 6.11. The molecule has 0 aliphatic carbocycles. The number of nitrogens with one attached hydrogen (secondary N) is 1. The zero-order chi connectivity index (χ0) is 27.7. The van der Waals surface area contributed by atoms with Crippen LogP contribution in [0.1, 0.15) is 12.0 Å². The Bertz CT molecular complexity index is 1540. The number of nitriles is 1.